The highest BCUT2D eigenvalue weighted by molar-refractivity contribution is 5.85. The summed E-state index contributed by atoms with van der Waals surface area (Å²) in [6, 6.07) is 5.23. The van der Waals surface area contributed by atoms with Gasteiger partial charge in [0.05, 0.1) is 5.39 Å². The van der Waals surface area contributed by atoms with Gasteiger partial charge in [0.15, 0.2) is 11.6 Å². The molecule has 0 heterocycles. The molecular weight excluding hydrogens is 381 g/mol. The fourth-order valence-corrected chi connectivity index (χ4v) is 5.99. The molecule has 0 N–H and O–H groups in total. The van der Waals surface area contributed by atoms with Crippen LogP contribution in [0.2, 0.25) is 0 Å². The van der Waals surface area contributed by atoms with Crippen LogP contribution in [0.5, 0.6) is 0 Å². The third-order valence-electron chi connectivity index (χ3n) is 7.78. The molecule has 4 atom stereocenters. The van der Waals surface area contributed by atoms with Crippen LogP contribution < -0.4 is 0 Å². The number of benzene rings is 2. The lowest BCUT2D eigenvalue weighted by Crippen LogP contribution is -2.30. The molecular formula is C27H33F3. The first-order valence-corrected chi connectivity index (χ1v) is 11.7. The normalized spacial score (nSPS) is 27.0. The molecule has 2 aliphatic rings. The van der Waals surface area contributed by atoms with Crippen molar-refractivity contribution >= 4 is 10.8 Å². The predicted molar refractivity (Wildman–Crippen MR) is 118 cm³/mol. The number of allylic oxidation sites excluding steroid dienone is 2. The Labute approximate surface area is 178 Å². The molecule has 3 heteroatoms. The minimum absolute atomic E-state index is 0.116. The average Bonchev–Trinajstić information content (AvgIpc) is 2.76. The Morgan fingerprint density at radius 3 is 2.47 bits per heavy atom. The summed E-state index contributed by atoms with van der Waals surface area (Å²) in [6.07, 6.45) is 13.0. The summed E-state index contributed by atoms with van der Waals surface area (Å²) in [4.78, 5) is 0. The molecule has 162 valence electrons. The van der Waals surface area contributed by atoms with E-state index in [1.54, 1.807) is 12.1 Å². The molecule has 2 fully saturated rings. The lowest BCUT2D eigenvalue weighted by Gasteiger charge is -2.42. The maximum atomic E-state index is 15.5. The molecule has 0 aliphatic heterocycles. The van der Waals surface area contributed by atoms with E-state index in [1.807, 2.05) is 25.1 Å². The lowest BCUT2D eigenvalue weighted by atomic mass is 9.63. The molecule has 0 nitrogen and oxygen atoms in total. The smallest absolute Gasteiger partial charge is 0.169 e. The molecule has 0 radical (unpaired) electrons. The Morgan fingerprint density at radius 2 is 1.70 bits per heavy atom. The van der Waals surface area contributed by atoms with Gasteiger partial charge in [0.2, 0.25) is 0 Å². The second-order valence-corrected chi connectivity index (χ2v) is 9.46. The van der Waals surface area contributed by atoms with Gasteiger partial charge in [-0.1, -0.05) is 44.1 Å². The summed E-state index contributed by atoms with van der Waals surface area (Å²) in [5, 5.41) is 0.291. The van der Waals surface area contributed by atoms with Gasteiger partial charge in [-0.2, -0.15) is 0 Å². The third-order valence-corrected chi connectivity index (χ3v) is 7.78. The van der Waals surface area contributed by atoms with E-state index in [-0.39, 0.29) is 11.3 Å². The molecule has 30 heavy (non-hydrogen) atoms. The van der Waals surface area contributed by atoms with Crippen molar-refractivity contribution in [1.82, 2.24) is 0 Å². The topological polar surface area (TPSA) is 0 Å². The highest BCUT2D eigenvalue weighted by Crippen LogP contribution is 2.49. The van der Waals surface area contributed by atoms with Gasteiger partial charge in [-0.3, -0.25) is 0 Å². The van der Waals surface area contributed by atoms with Gasteiger partial charge in [-0.25, -0.2) is 13.2 Å². The largest absolute Gasteiger partial charge is 0.206 e. The molecule has 0 bridgehead atoms. The zero-order valence-electron chi connectivity index (χ0n) is 18.2. The number of fused-ring (bicyclic) bond motifs is 2. The molecule has 4 unspecified atom stereocenters. The van der Waals surface area contributed by atoms with Crippen molar-refractivity contribution in [2.75, 3.05) is 0 Å². The van der Waals surface area contributed by atoms with Gasteiger partial charge in [0, 0.05) is 0 Å². The van der Waals surface area contributed by atoms with Crippen molar-refractivity contribution in [3.8, 4) is 0 Å². The van der Waals surface area contributed by atoms with E-state index in [0.29, 0.717) is 35.3 Å². The summed E-state index contributed by atoms with van der Waals surface area (Å²) >= 11 is 0. The van der Waals surface area contributed by atoms with Gasteiger partial charge in [-0.05, 0) is 98.1 Å². The van der Waals surface area contributed by atoms with Gasteiger partial charge in [-0.15, -0.1) is 0 Å². The molecule has 4 rings (SSSR count). The predicted octanol–water partition coefficient (Wildman–Crippen LogP) is 8.48. The molecule has 0 amide bonds. The Balaban J connectivity index is 1.61. The highest BCUT2D eigenvalue weighted by atomic mass is 19.2. The van der Waals surface area contributed by atoms with Crippen LogP contribution in [0.3, 0.4) is 0 Å². The van der Waals surface area contributed by atoms with E-state index < -0.39 is 17.5 Å². The number of hydrogen-bond acceptors (Lipinski definition) is 0. The second kappa shape index (κ2) is 9.16. The quantitative estimate of drug-likeness (QED) is 0.430. The van der Waals surface area contributed by atoms with Crippen LogP contribution in [0.4, 0.5) is 13.2 Å². The van der Waals surface area contributed by atoms with Crippen LogP contribution in [0.1, 0.15) is 82.3 Å². The van der Waals surface area contributed by atoms with Gasteiger partial charge < -0.3 is 0 Å². The Bertz CT molecular complexity index is 930. The van der Waals surface area contributed by atoms with Gasteiger partial charge in [0.25, 0.3) is 0 Å². The number of rotatable bonds is 5. The Morgan fingerprint density at radius 1 is 0.933 bits per heavy atom. The standard InChI is InChI=1S/C27H33F3/c1-3-5-6-7-22-16-21-12-13-23(26(29)24(21)27(30)25(22)28)20-11-10-18-14-17(4-2)8-9-19(18)15-20/h3,5,12-13,16-20H,4,6-11,14-15H2,1-2H3/b5-3+. The van der Waals surface area contributed by atoms with Crippen LogP contribution in [0.25, 0.3) is 10.8 Å². The van der Waals surface area contributed by atoms with Crippen LogP contribution in [-0.4, -0.2) is 0 Å². The first-order chi connectivity index (χ1) is 14.5. The molecule has 2 aliphatic carbocycles. The average molecular weight is 415 g/mol. The monoisotopic (exact) mass is 414 g/mol. The van der Waals surface area contributed by atoms with Crippen LogP contribution >= 0.6 is 0 Å². The Hall–Kier alpha value is -1.77. The number of halogens is 3. The number of hydrogen-bond donors (Lipinski definition) is 0. The fourth-order valence-electron chi connectivity index (χ4n) is 5.99. The first kappa shape index (κ1) is 21.5. The van der Waals surface area contributed by atoms with E-state index in [9.17, 15) is 8.78 Å². The Kier molecular flexibility index (Phi) is 6.55. The molecule has 2 aromatic rings. The zero-order valence-corrected chi connectivity index (χ0v) is 18.2. The molecule has 0 spiro atoms. The SMILES string of the molecule is C/C=C/CCc1cc2ccc(C3CCC4CC(CC)CCC4C3)c(F)c2c(F)c1F. The fraction of sp³-hybridized carbons (Fsp3) is 0.556. The third kappa shape index (κ3) is 4.05. The van der Waals surface area contributed by atoms with Crippen molar-refractivity contribution in [2.45, 2.75) is 77.6 Å². The van der Waals surface area contributed by atoms with Crippen molar-refractivity contribution < 1.29 is 13.2 Å². The second-order valence-electron chi connectivity index (χ2n) is 9.46. The van der Waals surface area contributed by atoms with Gasteiger partial charge >= 0.3 is 0 Å². The van der Waals surface area contributed by atoms with Crippen molar-refractivity contribution in [3.05, 3.63) is 58.9 Å². The van der Waals surface area contributed by atoms with Crippen LogP contribution in [0.15, 0.2) is 30.4 Å². The van der Waals surface area contributed by atoms with Crippen LogP contribution in [0, 0.1) is 35.2 Å². The van der Waals surface area contributed by atoms with E-state index in [0.717, 1.165) is 31.1 Å². The number of aryl methyl sites for hydroxylation is 1. The molecule has 0 aromatic heterocycles. The van der Waals surface area contributed by atoms with E-state index in [2.05, 4.69) is 6.92 Å². The maximum Gasteiger partial charge on any atom is 0.169 e. The van der Waals surface area contributed by atoms with E-state index >= 15 is 4.39 Å². The molecule has 0 saturated heterocycles. The summed E-state index contributed by atoms with van der Waals surface area (Å²) in [7, 11) is 0. The first-order valence-electron chi connectivity index (χ1n) is 11.7. The minimum Gasteiger partial charge on any atom is -0.206 e. The maximum absolute atomic E-state index is 15.5. The summed E-state index contributed by atoms with van der Waals surface area (Å²) in [6.45, 7) is 4.18. The summed E-state index contributed by atoms with van der Waals surface area (Å²) in [5.41, 5.74) is 0.900. The van der Waals surface area contributed by atoms with Crippen molar-refractivity contribution in [1.29, 1.82) is 0 Å². The minimum atomic E-state index is -1.03. The molecule has 2 aromatic carbocycles. The highest BCUT2D eigenvalue weighted by Gasteiger charge is 2.36. The lowest BCUT2D eigenvalue weighted by molar-refractivity contribution is 0.116. The van der Waals surface area contributed by atoms with Crippen LogP contribution in [-0.2, 0) is 6.42 Å². The van der Waals surface area contributed by atoms with Crippen molar-refractivity contribution in [3.63, 3.8) is 0 Å². The zero-order chi connectivity index (χ0) is 21.3. The summed E-state index contributed by atoms with van der Waals surface area (Å²) in [5.74, 6) is -0.0988. The van der Waals surface area contributed by atoms with E-state index in [1.165, 1.54) is 25.7 Å². The summed E-state index contributed by atoms with van der Waals surface area (Å²) < 4.78 is 45.0. The van der Waals surface area contributed by atoms with E-state index in [4.69, 9.17) is 0 Å². The van der Waals surface area contributed by atoms with Crippen molar-refractivity contribution in [2.24, 2.45) is 17.8 Å². The molecule has 2 saturated carbocycles. The van der Waals surface area contributed by atoms with Gasteiger partial charge in [0.1, 0.15) is 5.82 Å².